The first-order chi connectivity index (χ1) is 28.9. The second-order valence-corrected chi connectivity index (χ2v) is 17.1. The molecule has 1 aliphatic heterocycles. The average molecular weight is 807 g/mol. The number of rotatable bonds is 21. The molecular weight excluding hydrogens is 741 g/mol. The molecule has 318 valence electrons. The number of benzene rings is 3. The Kier molecular flexibility index (Phi) is 14.8. The standard InChI is InChI=1S/C50H66N2O7/c1-4-27-52(47(55)26-21-35-15-7-8-16-35)46-34-44(51-57-6-3)42-32-38(19-11-13-28-53)41(20-12-14-29-54)48-43-33-40(58-39-23-22-36-17-9-10-18-37(36)31-39)24-25-45(43)59-50(46,49(42)48)56-30-5-2/h5,9-10,17-18,22-25,31-33,35,38,41,46,48-49,53-54H,2,4,6-8,11-16,19-21,26-30,34H2,1,3H3/t38-,41+,46-,48+,49+,50+/m0/s1. The van der Waals surface area contributed by atoms with Crippen LogP contribution in [-0.4, -0.2) is 71.5 Å². The second-order valence-electron chi connectivity index (χ2n) is 17.1. The van der Waals surface area contributed by atoms with Gasteiger partial charge in [-0.1, -0.05) is 93.1 Å². The van der Waals surface area contributed by atoms with Crippen molar-refractivity contribution in [3.63, 3.8) is 0 Å². The molecule has 0 saturated heterocycles. The molecule has 0 radical (unpaired) electrons. The maximum absolute atomic E-state index is 14.7. The number of aliphatic hydroxyl groups excluding tert-OH is 2. The second kappa shape index (κ2) is 20.4. The summed E-state index contributed by atoms with van der Waals surface area (Å²) in [7, 11) is 0. The van der Waals surface area contributed by atoms with E-state index in [4.69, 9.17) is 24.2 Å². The van der Waals surface area contributed by atoms with Gasteiger partial charge in [-0.3, -0.25) is 4.79 Å². The minimum absolute atomic E-state index is 0.103. The van der Waals surface area contributed by atoms with Crippen LogP contribution in [0.3, 0.4) is 0 Å². The van der Waals surface area contributed by atoms with Crippen LogP contribution in [0.2, 0.25) is 0 Å². The Morgan fingerprint density at radius 1 is 0.949 bits per heavy atom. The maximum Gasteiger partial charge on any atom is 0.239 e. The van der Waals surface area contributed by atoms with Gasteiger partial charge < -0.3 is 34.2 Å². The maximum atomic E-state index is 14.7. The molecule has 0 aromatic heterocycles. The van der Waals surface area contributed by atoms with E-state index in [9.17, 15) is 15.0 Å². The van der Waals surface area contributed by atoms with Gasteiger partial charge in [-0.25, -0.2) is 0 Å². The predicted octanol–water partition coefficient (Wildman–Crippen LogP) is 10.5. The van der Waals surface area contributed by atoms with Gasteiger partial charge in [0, 0.05) is 44.1 Å². The van der Waals surface area contributed by atoms with Gasteiger partial charge in [-0.15, -0.1) is 6.58 Å². The van der Waals surface area contributed by atoms with Crippen LogP contribution in [0.15, 0.2) is 90.1 Å². The Morgan fingerprint density at radius 3 is 2.44 bits per heavy atom. The van der Waals surface area contributed by atoms with Crippen molar-refractivity contribution < 1.29 is 34.1 Å². The molecule has 0 unspecified atom stereocenters. The Labute approximate surface area is 351 Å². The van der Waals surface area contributed by atoms with Crippen LogP contribution >= 0.6 is 0 Å². The number of nitrogens with zero attached hydrogens (tertiary/aromatic N) is 2. The molecule has 1 heterocycles. The number of amides is 1. The van der Waals surface area contributed by atoms with Crippen LogP contribution in [-0.2, 0) is 14.4 Å². The van der Waals surface area contributed by atoms with E-state index in [1.165, 1.54) is 25.7 Å². The third kappa shape index (κ3) is 9.43. The minimum atomic E-state index is -1.24. The smallest absolute Gasteiger partial charge is 0.239 e. The van der Waals surface area contributed by atoms with E-state index >= 15 is 0 Å². The molecule has 3 aromatic rings. The van der Waals surface area contributed by atoms with Gasteiger partial charge in [0.05, 0.1) is 18.2 Å². The third-order valence-electron chi connectivity index (χ3n) is 13.3. The van der Waals surface area contributed by atoms with Crippen LogP contribution in [0, 0.1) is 23.7 Å². The normalized spacial score (nSPS) is 25.5. The Morgan fingerprint density at radius 2 is 1.69 bits per heavy atom. The van der Waals surface area contributed by atoms with E-state index in [2.05, 4.69) is 54.8 Å². The zero-order valence-electron chi connectivity index (χ0n) is 35.4. The van der Waals surface area contributed by atoms with Crippen molar-refractivity contribution in [2.24, 2.45) is 28.8 Å². The lowest BCUT2D eigenvalue weighted by atomic mass is 9.55. The van der Waals surface area contributed by atoms with Gasteiger partial charge in [0.2, 0.25) is 11.7 Å². The summed E-state index contributed by atoms with van der Waals surface area (Å²) in [6.45, 7) is 9.67. The molecule has 9 heteroatoms. The van der Waals surface area contributed by atoms with Gasteiger partial charge in [0.25, 0.3) is 0 Å². The number of oxime groups is 1. The summed E-state index contributed by atoms with van der Waals surface area (Å²) in [4.78, 5) is 22.6. The minimum Gasteiger partial charge on any atom is -0.459 e. The van der Waals surface area contributed by atoms with Gasteiger partial charge in [0.15, 0.2) is 0 Å². The molecule has 1 amide bonds. The molecule has 4 aliphatic rings. The molecule has 2 N–H and O–H groups in total. The van der Waals surface area contributed by atoms with Crippen molar-refractivity contribution in [2.45, 2.75) is 121 Å². The topological polar surface area (TPSA) is 110 Å². The lowest BCUT2D eigenvalue weighted by molar-refractivity contribution is -0.257. The van der Waals surface area contributed by atoms with E-state index in [0.29, 0.717) is 38.3 Å². The fourth-order valence-corrected chi connectivity index (χ4v) is 10.7. The first kappa shape index (κ1) is 42.9. The van der Waals surface area contributed by atoms with Crippen molar-refractivity contribution in [1.82, 2.24) is 4.90 Å². The van der Waals surface area contributed by atoms with E-state index in [1.54, 1.807) is 6.08 Å². The van der Waals surface area contributed by atoms with E-state index in [-0.39, 0.29) is 49.4 Å². The van der Waals surface area contributed by atoms with Gasteiger partial charge in [-0.05, 0) is 110 Å². The lowest BCUT2D eigenvalue weighted by Gasteiger charge is -2.60. The lowest BCUT2D eigenvalue weighted by Crippen LogP contribution is -2.70. The first-order valence-corrected chi connectivity index (χ1v) is 22.6. The van der Waals surface area contributed by atoms with Crippen molar-refractivity contribution >= 4 is 22.4 Å². The molecule has 2 fully saturated rings. The van der Waals surface area contributed by atoms with Crippen LogP contribution in [0.1, 0.15) is 115 Å². The average Bonchev–Trinajstić information content (AvgIpc) is 3.78. The van der Waals surface area contributed by atoms with E-state index < -0.39 is 11.8 Å². The zero-order chi connectivity index (χ0) is 41.2. The van der Waals surface area contributed by atoms with Gasteiger partial charge in [-0.2, -0.15) is 0 Å². The van der Waals surface area contributed by atoms with E-state index in [1.807, 2.05) is 37.3 Å². The molecule has 59 heavy (non-hydrogen) atoms. The van der Waals surface area contributed by atoms with Crippen LogP contribution in [0.4, 0.5) is 0 Å². The predicted molar refractivity (Wildman–Crippen MR) is 234 cm³/mol. The summed E-state index contributed by atoms with van der Waals surface area (Å²) in [6.07, 6.45) is 16.6. The highest BCUT2D eigenvalue weighted by Gasteiger charge is 2.65. The molecular formula is C50H66N2O7. The summed E-state index contributed by atoms with van der Waals surface area (Å²) in [6, 6.07) is 20.1. The summed E-state index contributed by atoms with van der Waals surface area (Å²) in [5.41, 5.74) is 2.94. The van der Waals surface area contributed by atoms with Crippen LogP contribution in [0.5, 0.6) is 17.2 Å². The van der Waals surface area contributed by atoms with Gasteiger partial charge >= 0.3 is 0 Å². The summed E-state index contributed by atoms with van der Waals surface area (Å²) < 4.78 is 21.2. The number of hydrogen-bond donors (Lipinski definition) is 2. The number of hydrogen-bond acceptors (Lipinski definition) is 8. The SMILES string of the molecule is C=CCO[C@@]12Oc3ccc(Oc4ccc5ccccc5c4)cc3[C@H]3[C@H](CCCCO)[C@@H](CCCCO)C=C(C(=NOCC)C[C@@H]1N(CCC)C(=O)CCC1CCCC1)[C@H]32. The Bertz CT molecular complexity index is 1940. The van der Waals surface area contributed by atoms with Crippen LogP contribution < -0.4 is 9.47 Å². The highest BCUT2D eigenvalue weighted by atomic mass is 16.7. The molecule has 7 rings (SSSR count). The molecule has 2 saturated carbocycles. The molecule has 0 spiro atoms. The number of carbonyl (C=O) groups is 1. The van der Waals surface area contributed by atoms with Crippen molar-refractivity contribution in [2.75, 3.05) is 33.0 Å². The highest BCUT2D eigenvalue weighted by Crippen LogP contribution is 2.62. The molecule has 6 atom stereocenters. The molecule has 3 aliphatic carbocycles. The number of fused-ring (bicyclic) bond motifs is 3. The largest absolute Gasteiger partial charge is 0.459 e. The zero-order valence-corrected chi connectivity index (χ0v) is 35.4. The van der Waals surface area contributed by atoms with Crippen molar-refractivity contribution in [1.29, 1.82) is 0 Å². The quantitative estimate of drug-likeness (QED) is 0.0627. The molecule has 0 bridgehead atoms. The van der Waals surface area contributed by atoms with Crippen molar-refractivity contribution in [3.8, 4) is 17.2 Å². The monoisotopic (exact) mass is 806 g/mol. The highest BCUT2D eigenvalue weighted by molar-refractivity contribution is 6.03. The number of allylic oxidation sites excluding steroid dienone is 1. The van der Waals surface area contributed by atoms with E-state index in [0.717, 1.165) is 89.8 Å². The van der Waals surface area contributed by atoms with Crippen LogP contribution in [0.25, 0.3) is 10.8 Å². The number of unbranched alkanes of at least 4 members (excludes halogenated alkanes) is 2. The fraction of sp³-hybridized carbons (Fsp3) is 0.560. The molecule has 9 nitrogen and oxygen atoms in total. The number of carbonyl (C=O) groups excluding carboxylic acids is 1. The number of ether oxygens (including phenoxy) is 3. The number of aliphatic hydroxyl groups is 2. The first-order valence-electron chi connectivity index (χ1n) is 22.6. The third-order valence-corrected chi connectivity index (χ3v) is 13.3. The van der Waals surface area contributed by atoms with Crippen molar-refractivity contribution in [3.05, 3.63) is 90.5 Å². The molecule has 3 aromatic carbocycles. The summed E-state index contributed by atoms with van der Waals surface area (Å²) in [5.74, 6) is 1.55. The van der Waals surface area contributed by atoms with Gasteiger partial charge in [0.1, 0.15) is 29.9 Å². The summed E-state index contributed by atoms with van der Waals surface area (Å²) in [5, 5.41) is 27.0. The Balaban J connectivity index is 1.39. The summed E-state index contributed by atoms with van der Waals surface area (Å²) >= 11 is 0. The fourth-order valence-electron chi connectivity index (χ4n) is 10.7. The Hall–Kier alpha value is -4.18.